The molecule has 5 heteroatoms. The molecule has 0 bridgehead atoms. The van der Waals surface area contributed by atoms with Gasteiger partial charge in [0, 0.05) is 25.4 Å². The summed E-state index contributed by atoms with van der Waals surface area (Å²) in [5.41, 5.74) is -0.0371. The summed E-state index contributed by atoms with van der Waals surface area (Å²) in [6, 6.07) is 2.62. The summed E-state index contributed by atoms with van der Waals surface area (Å²) in [6.45, 7) is 1.29. The highest BCUT2D eigenvalue weighted by Crippen LogP contribution is 2.15. The lowest BCUT2D eigenvalue weighted by Crippen LogP contribution is -2.22. The number of nitrogens with zero attached hydrogens (tertiary/aromatic N) is 1. The number of rotatable bonds is 4. The lowest BCUT2D eigenvalue weighted by Gasteiger charge is -2.11. The van der Waals surface area contributed by atoms with Crippen molar-refractivity contribution in [3.63, 3.8) is 0 Å². The Hall–Kier alpha value is -1.62. The van der Waals surface area contributed by atoms with Crippen LogP contribution in [0.2, 0.25) is 0 Å². The van der Waals surface area contributed by atoms with Gasteiger partial charge >= 0.3 is 5.97 Å². The quantitative estimate of drug-likeness (QED) is 0.851. The third-order valence-corrected chi connectivity index (χ3v) is 2.95. The van der Waals surface area contributed by atoms with Gasteiger partial charge in [-0.3, -0.25) is 4.79 Å². The molecule has 1 aromatic rings. The zero-order valence-electron chi connectivity index (χ0n) is 9.46. The minimum Gasteiger partial charge on any atom is -0.478 e. The normalized spacial score (nSPS) is 19.4. The van der Waals surface area contributed by atoms with Gasteiger partial charge in [0.1, 0.15) is 0 Å². The fourth-order valence-electron chi connectivity index (χ4n) is 1.99. The van der Waals surface area contributed by atoms with Gasteiger partial charge in [0.15, 0.2) is 0 Å². The topological polar surface area (TPSA) is 68.5 Å². The molecule has 0 radical (unpaired) electrons. The third kappa shape index (κ3) is 2.94. The molecule has 92 valence electrons. The zero-order chi connectivity index (χ0) is 12.3. The highest BCUT2D eigenvalue weighted by Gasteiger charge is 2.15. The number of aromatic nitrogens is 1. The van der Waals surface area contributed by atoms with Gasteiger partial charge in [-0.05, 0) is 25.3 Å². The Bertz CT molecular complexity index is 460. The average Bonchev–Trinajstić information content (AvgIpc) is 2.80. The number of carbonyl (C=O) groups is 1. The molecule has 2 rings (SSSR count). The summed E-state index contributed by atoms with van der Waals surface area (Å²) in [4.78, 5) is 22.3. The van der Waals surface area contributed by atoms with Gasteiger partial charge in [0.2, 0.25) is 0 Å². The fourth-order valence-corrected chi connectivity index (χ4v) is 1.99. The van der Waals surface area contributed by atoms with E-state index in [1.165, 1.54) is 22.9 Å². The summed E-state index contributed by atoms with van der Waals surface area (Å²) in [7, 11) is 0. The van der Waals surface area contributed by atoms with Crippen molar-refractivity contribution in [1.82, 2.24) is 4.57 Å². The van der Waals surface area contributed by atoms with Crippen molar-refractivity contribution in [2.45, 2.75) is 31.9 Å². The first-order chi connectivity index (χ1) is 8.16. The minimum absolute atomic E-state index is 0.136. The number of pyridine rings is 1. The molecule has 1 N–H and O–H groups in total. The molecular formula is C12H15NO4. The highest BCUT2D eigenvalue weighted by atomic mass is 16.5. The number of hydrogen-bond acceptors (Lipinski definition) is 3. The van der Waals surface area contributed by atoms with E-state index in [1.54, 1.807) is 0 Å². The Morgan fingerprint density at radius 3 is 3.00 bits per heavy atom. The molecule has 17 heavy (non-hydrogen) atoms. The first-order valence-corrected chi connectivity index (χ1v) is 5.72. The SMILES string of the molecule is O=C(O)c1ccc(=O)n(CCC2CCCO2)c1. The monoisotopic (exact) mass is 237 g/mol. The van der Waals surface area contributed by atoms with E-state index in [0.717, 1.165) is 25.9 Å². The molecule has 1 saturated heterocycles. The second-order valence-corrected chi connectivity index (χ2v) is 4.18. The van der Waals surface area contributed by atoms with Crippen molar-refractivity contribution < 1.29 is 14.6 Å². The van der Waals surface area contributed by atoms with E-state index in [4.69, 9.17) is 9.84 Å². The van der Waals surface area contributed by atoms with Crippen molar-refractivity contribution in [3.8, 4) is 0 Å². The Kier molecular flexibility index (Phi) is 3.58. The van der Waals surface area contributed by atoms with Gasteiger partial charge in [-0.1, -0.05) is 0 Å². The van der Waals surface area contributed by atoms with Crippen LogP contribution in [0.25, 0.3) is 0 Å². The van der Waals surface area contributed by atoms with Crippen LogP contribution in [0, 0.1) is 0 Å². The van der Waals surface area contributed by atoms with E-state index in [9.17, 15) is 9.59 Å². The largest absolute Gasteiger partial charge is 0.478 e. The summed E-state index contributed by atoms with van der Waals surface area (Å²) in [6.07, 6.45) is 4.43. The van der Waals surface area contributed by atoms with E-state index in [-0.39, 0.29) is 17.2 Å². The predicted molar refractivity (Wildman–Crippen MR) is 61.3 cm³/mol. The van der Waals surface area contributed by atoms with Crippen LogP contribution in [0.3, 0.4) is 0 Å². The molecule has 1 fully saturated rings. The van der Waals surface area contributed by atoms with Crippen LogP contribution in [-0.2, 0) is 11.3 Å². The zero-order valence-corrected chi connectivity index (χ0v) is 9.46. The first-order valence-electron chi connectivity index (χ1n) is 5.72. The lowest BCUT2D eigenvalue weighted by molar-refractivity contribution is 0.0695. The second-order valence-electron chi connectivity index (χ2n) is 4.18. The number of ether oxygens (including phenoxy) is 1. The van der Waals surface area contributed by atoms with Crippen LogP contribution in [0.1, 0.15) is 29.6 Å². The van der Waals surface area contributed by atoms with Gasteiger partial charge in [-0.25, -0.2) is 4.79 Å². The smallest absolute Gasteiger partial charge is 0.337 e. The molecule has 1 aliphatic rings. The van der Waals surface area contributed by atoms with E-state index >= 15 is 0 Å². The van der Waals surface area contributed by atoms with Gasteiger partial charge in [-0.2, -0.15) is 0 Å². The molecule has 1 unspecified atom stereocenters. The van der Waals surface area contributed by atoms with Crippen LogP contribution in [0.5, 0.6) is 0 Å². The molecule has 2 heterocycles. The number of aromatic carboxylic acids is 1. The van der Waals surface area contributed by atoms with Gasteiger partial charge in [0.05, 0.1) is 11.7 Å². The van der Waals surface area contributed by atoms with Crippen LogP contribution in [0.15, 0.2) is 23.1 Å². The number of carboxylic acid groups (broad SMARTS) is 1. The van der Waals surface area contributed by atoms with Crippen molar-refractivity contribution in [2.24, 2.45) is 0 Å². The fraction of sp³-hybridized carbons (Fsp3) is 0.500. The Morgan fingerprint density at radius 1 is 1.53 bits per heavy atom. The number of aryl methyl sites for hydroxylation is 1. The first kappa shape index (κ1) is 11.9. The highest BCUT2D eigenvalue weighted by molar-refractivity contribution is 5.87. The van der Waals surface area contributed by atoms with Crippen LogP contribution in [-0.4, -0.2) is 28.4 Å². The molecule has 1 aliphatic heterocycles. The summed E-state index contributed by atoms with van der Waals surface area (Å²) in [5, 5.41) is 8.84. The molecular weight excluding hydrogens is 222 g/mol. The van der Waals surface area contributed by atoms with E-state index < -0.39 is 5.97 Å². The molecule has 0 spiro atoms. The predicted octanol–water partition coefficient (Wildman–Crippen LogP) is 1.12. The minimum atomic E-state index is -1.02. The number of carboxylic acids is 1. The average molecular weight is 237 g/mol. The van der Waals surface area contributed by atoms with Crippen molar-refractivity contribution in [3.05, 3.63) is 34.2 Å². The van der Waals surface area contributed by atoms with Crippen LogP contribution >= 0.6 is 0 Å². The molecule has 1 aromatic heterocycles. The Morgan fingerprint density at radius 2 is 2.35 bits per heavy atom. The maximum atomic E-state index is 11.5. The maximum absolute atomic E-state index is 11.5. The molecule has 1 atom stereocenters. The van der Waals surface area contributed by atoms with E-state index in [1.807, 2.05) is 0 Å². The molecule has 0 saturated carbocycles. The number of hydrogen-bond donors (Lipinski definition) is 1. The maximum Gasteiger partial charge on any atom is 0.337 e. The summed E-state index contributed by atoms with van der Waals surface area (Å²) in [5.74, 6) is -1.02. The van der Waals surface area contributed by atoms with E-state index in [2.05, 4.69) is 0 Å². The molecule has 0 amide bonds. The molecule has 0 aliphatic carbocycles. The summed E-state index contributed by atoms with van der Waals surface area (Å²) >= 11 is 0. The van der Waals surface area contributed by atoms with Crippen molar-refractivity contribution in [1.29, 1.82) is 0 Å². The van der Waals surface area contributed by atoms with Crippen LogP contribution in [0.4, 0.5) is 0 Å². The van der Waals surface area contributed by atoms with Crippen molar-refractivity contribution in [2.75, 3.05) is 6.61 Å². The molecule has 5 nitrogen and oxygen atoms in total. The molecule has 0 aromatic carbocycles. The van der Waals surface area contributed by atoms with Crippen LogP contribution < -0.4 is 5.56 Å². The van der Waals surface area contributed by atoms with Crippen molar-refractivity contribution >= 4 is 5.97 Å². The Labute approximate surface area is 98.6 Å². The lowest BCUT2D eigenvalue weighted by atomic mass is 10.2. The van der Waals surface area contributed by atoms with Gasteiger partial charge in [0.25, 0.3) is 5.56 Å². The van der Waals surface area contributed by atoms with Gasteiger partial charge < -0.3 is 14.4 Å². The standard InChI is InChI=1S/C12H15NO4/c14-11-4-3-9(12(15)16)8-13(11)6-5-10-2-1-7-17-10/h3-4,8,10H,1-2,5-7H2,(H,15,16). The Balaban J connectivity index is 2.05. The van der Waals surface area contributed by atoms with Gasteiger partial charge in [-0.15, -0.1) is 0 Å². The summed E-state index contributed by atoms with van der Waals surface area (Å²) < 4.78 is 6.90. The van der Waals surface area contributed by atoms with E-state index in [0.29, 0.717) is 6.54 Å². The third-order valence-electron chi connectivity index (χ3n) is 2.95. The second kappa shape index (κ2) is 5.14.